The molecule has 3 aromatic rings. The van der Waals surface area contributed by atoms with Crippen LogP contribution in [0.5, 0.6) is 0 Å². The number of carbonyl (C=O) groups is 1. The van der Waals surface area contributed by atoms with Gasteiger partial charge in [-0.3, -0.25) is 9.36 Å². The average Bonchev–Trinajstić information content (AvgIpc) is 3.06. The predicted octanol–water partition coefficient (Wildman–Crippen LogP) is 3.91. The summed E-state index contributed by atoms with van der Waals surface area (Å²) < 4.78 is 2.00. The predicted molar refractivity (Wildman–Crippen MR) is 105 cm³/mol. The molecule has 0 fully saturated rings. The van der Waals surface area contributed by atoms with Gasteiger partial charge in [-0.2, -0.15) is 0 Å². The third kappa shape index (κ3) is 3.65. The lowest BCUT2D eigenvalue weighted by Crippen LogP contribution is -2.25. The lowest BCUT2D eigenvalue weighted by molar-refractivity contribution is -0.117. The van der Waals surface area contributed by atoms with Crippen LogP contribution in [-0.2, 0) is 4.79 Å². The molecule has 1 amide bonds. The van der Waals surface area contributed by atoms with Gasteiger partial charge in [-0.25, -0.2) is 0 Å². The van der Waals surface area contributed by atoms with Gasteiger partial charge in [-0.15, -0.1) is 10.2 Å². The first-order valence-electron chi connectivity index (χ1n) is 8.55. The maximum absolute atomic E-state index is 11.7. The molecule has 2 aromatic carbocycles. The molecule has 0 bridgehead atoms. The fourth-order valence-electron chi connectivity index (χ4n) is 2.69. The molecule has 1 atom stereocenters. The van der Waals surface area contributed by atoms with E-state index in [2.05, 4.69) is 36.2 Å². The minimum Gasteiger partial charge on any atom is -0.369 e. The van der Waals surface area contributed by atoms with E-state index in [0.29, 0.717) is 11.6 Å². The van der Waals surface area contributed by atoms with Gasteiger partial charge in [0, 0.05) is 5.56 Å². The molecule has 6 heteroatoms. The van der Waals surface area contributed by atoms with Gasteiger partial charge in [0.1, 0.15) is 0 Å². The zero-order chi connectivity index (χ0) is 18.7. The summed E-state index contributed by atoms with van der Waals surface area (Å²) in [5.41, 5.74) is 9.88. The Labute approximate surface area is 157 Å². The number of hydrogen-bond acceptors (Lipinski definition) is 4. The molecule has 1 aromatic heterocycles. The van der Waals surface area contributed by atoms with Gasteiger partial charge in [0.05, 0.1) is 10.9 Å². The van der Waals surface area contributed by atoms with Crippen molar-refractivity contribution >= 4 is 17.7 Å². The monoisotopic (exact) mass is 366 g/mol. The van der Waals surface area contributed by atoms with Crippen LogP contribution in [0.25, 0.3) is 17.1 Å². The molecule has 1 heterocycles. The van der Waals surface area contributed by atoms with Gasteiger partial charge in [-0.1, -0.05) is 55.1 Å². The van der Waals surface area contributed by atoms with E-state index in [1.807, 2.05) is 47.9 Å². The van der Waals surface area contributed by atoms with Crippen LogP contribution in [0, 0.1) is 13.8 Å². The zero-order valence-corrected chi connectivity index (χ0v) is 16.0. The average molecular weight is 366 g/mol. The van der Waals surface area contributed by atoms with Crippen LogP contribution in [-0.4, -0.2) is 25.9 Å². The van der Waals surface area contributed by atoms with Crippen LogP contribution in [0.4, 0.5) is 0 Å². The first-order valence-corrected chi connectivity index (χ1v) is 9.43. The summed E-state index contributed by atoms with van der Waals surface area (Å²) >= 11 is 1.36. The fraction of sp³-hybridized carbons (Fsp3) is 0.250. The summed E-state index contributed by atoms with van der Waals surface area (Å²) in [7, 11) is 0. The summed E-state index contributed by atoms with van der Waals surface area (Å²) in [6.45, 7) is 6.10. The number of aryl methyl sites for hydroxylation is 2. The smallest absolute Gasteiger partial charge is 0.231 e. The van der Waals surface area contributed by atoms with Crippen molar-refractivity contribution in [1.82, 2.24) is 14.8 Å². The molecule has 134 valence electrons. The van der Waals surface area contributed by atoms with Crippen molar-refractivity contribution < 1.29 is 4.79 Å². The van der Waals surface area contributed by atoms with Crippen LogP contribution >= 0.6 is 11.8 Å². The number of hydrogen-bond donors (Lipinski definition) is 1. The van der Waals surface area contributed by atoms with Crippen molar-refractivity contribution in [1.29, 1.82) is 0 Å². The molecule has 26 heavy (non-hydrogen) atoms. The highest BCUT2D eigenvalue weighted by molar-refractivity contribution is 8.00. The SMILES string of the molecule is CCC(Sc1nnc(-c2ccccc2)n1-c1ccc(C)c(C)c1)C(N)=O. The molecule has 0 aliphatic rings. The van der Waals surface area contributed by atoms with Gasteiger partial charge >= 0.3 is 0 Å². The van der Waals surface area contributed by atoms with Crippen molar-refractivity contribution in [2.75, 3.05) is 0 Å². The minimum atomic E-state index is -0.340. The number of carbonyl (C=O) groups excluding carboxylic acids is 1. The Kier molecular flexibility index (Phi) is 5.42. The molecule has 0 saturated heterocycles. The topological polar surface area (TPSA) is 73.8 Å². The first-order chi connectivity index (χ1) is 12.5. The van der Waals surface area contributed by atoms with Crippen molar-refractivity contribution in [2.24, 2.45) is 5.73 Å². The highest BCUT2D eigenvalue weighted by Gasteiger charge is 2.22. The molecule has 0 aliphatic carbocycles. The highest BCUT2D eigenvalue weighted by Crippen LogP contribution is 2.31. The second-order valence-electron chi connectivity index (χ2n) is 6.19. The highest BCUT2D eigenvalue weighted by atomic mass is 32.2. The Morgan fingerprint density at radius 1 is 1.12 bits per heavy atom. The summed E-state index contributed by atoms with van der Waals surface area (Å²) in [5.74, 6) is 0.407. The summed E-state index contributed by atoms with van der Waals surface area (Å²) in [4.78, 5) is 11.7. The Balaban J connectivity index is 2.15. The number of benzene rings is 2. The van der Waals surface area contributed by atoms with Gasteiger partial charge in [0.25, 0.3) is 0 Å². The van der Waals surface area contributed by atoms with Gasteiger partial charge in [0.2, 0.25) is 5.91 Å². The Morgan fingerprint density at radius 2 is 1.85 bits per heavy atom. The normalized spacial score (nSPS) is 12.1. The Bertz CT molecular complexity index is 921. The number of nitrogens with two attached hydrogens (primary N) is 1. The maximum Gasteiger partial charge on any atom is 0.231 e. The van der Waals surface area contributed by atoms with E-state index in [-0.39, 0.29) is 11.2 Å². The molecule has 0 spiro atoms. The van der Waals surface area contributed by atoms with Crippen LogP contribution < -0.4 is 5.73 Å². The zero-order valence-electron chi connectivity index (χ0n) is 15.1. The van der Waals surface area contributed by atoms with Crippen LogP contribution in [0.1, 0.15) is 24.5 Å². The molecular formula is C20H22N4OS. The summed E-state index contributed by atoms with van der Waals surface area (Å²) in [6, 6.07) is 16.2. The van der Waals surface area contributed by atoms with Crippen molar-refractivity contribution in [3.05, 3.63) is 59.7 Å². The first kappa shape index (κ1) is 18.2. The Hall–Kier alpha value is -2.60. The number of thioether (sulfide) groups is 1. The van der Waals surface area contributed by atoms with Gasteiger partial charge in [0.15, 0.2) is 11.0 Å². The molecule has 1 unspecified atom stereocenters. The number of aromatic nitrogens is 3. The summed E-state index contributed by atoms with van der Waals surface area (Å²) in [6.07, 6.45) is 0.639. The van der Waals surface area contributed by atoms with E-state index in [4.69, 9.17) is 5.73 Å². The van der Waals surface area contributed by atoms with E-state index in [1.54, 1.807) is 0 Å². The number of nitrogens with zero attached hydrogens (tertiary/aromatic N) is 3. The van der Waals surface area contributed by atoms with Gasteiger partial charge in [-0.05, 0) is 43.5 Å². The van der Waals surface area contributed by atoms with E-state index in [1.165, 1.54) is 22.9 Å². The summed E-state index contributed by atoms with van der Waals surface area (Å²) in [5, 5.41) is 9.09. The van der Waals surface area contributed by atoms with Crippen LogP contribution in [0.3, 0.4) is 0 Å². The second-order valence-corrected chi connectivity index (χ2v) is 7.36. The fourth-order valence-corrected chi connectivity index (χ4v) is 3.61. The van der Waals surface area contributed by atoms with Crippen molar-refractivity contribution in [3.63, 3.8) is 0 Å². The van der Waals surface area contributed by atoms with Crippen LogP contribution in [0.2, 0.25) is 0 Å². The maximum atomic E-state index is 11.7. The van der Waals surface area contributed by atoms with E-state index < -0.39 is 0 Å². The largest absolute Gasteiger partial charge is 0.369 e. The minimum absolute atomic E-state index is 0.339. The quantitative estimate of drug-likeness (QED) is 0.671. The Morgan fingerprint density at radius 3 is 2.46 bits per heavy atom. The van der Waals surface area contributed by atoms with Gasteiger partial charge < -0.3 is 5.73 Å². The van der Waals surface area contributed by atoms with Crippen molar-refractivity contribution in [3.8, 4) is 17.1 Å². The second kappa shape index (κ2) is 7.74. The molecular weight excluding hydrogens is 344 g/mol. The molecule has 5 nitrogen and oxygen atoms in total. The van der Waals surface area contributed by atoms with Crippen molar-refractivity contribution in [2.45, 2.75) is 37.6 Å². The lowest BCUT2D eigenvalue weighted by Gasteiger charge is -2.14. The third-order valence-electron chi connectivity index (χ3n) is 4.35. The molecule has 0 radical (unpaired) electrons. The number of rotatable bonds is 6. The van der Waals surface area contributed by atoms with E-state index >= 15 is 0 Å². The standard InChI is InChI=1S/C20H22N4OS/c1-4-17(18(21)25)26-20-23-22-19(15-8-6-5-7-9-15)24(20)16-11-10-13(2)14(3)12-16/h5-12,17H,4H2,1-3H3,(H2,21,25). The number of primary amides is 1. The molecule has 0 saturated carbocycles. The molecule has 3 rings (SSSR count). The van der Waals surface area contributed by atoms with Crippen LogP contribution in [0.15, 0.2) is 53.7 Å². The molecule has 2 N–H and O–H groups in total. The van der Waals surface area contributed by atoms with E-state index in [0.717, 1.165) is 17.1 Å². The number of amides is 1. The molecule has 0 aliphatic heterocycles. The van der Waals surface area contributed by atoms with E-state index in [9.17, 15) is 4.79 Å². The third-order valence-corrected chi connectivity index (χ3v) is 5.68. The lowest BCUT2D eigenvalue weighted by atomic mass is 10.1.